The van der Waals surface area contributed by atoms with Gasteiger partial charge in [0.15, 0.2) is 0 Å². The Hall–Kier alpha value is -0.810. The van der Waals surface area contributed by atoms with E-state index in [2.05, 4.69) is 26.8 Å². The quantitative estimate of drug-likeness (QED) is 0.476. The molecule has 3 saturated carbocycles. The van der Waals surface area contributed by atoms with E-state index < -0.39 is 0 Å². The minimum atomic E-state index is -0.330. The molecule has 7 atom stereocenters. The number of hydrogen-bond acceptors (Lipinski definition) is 2. The normalized spacial score (nSPS) is 46.6. The van der Waals surface area contributed by atoms with Crippen LogP contribution in [0.4, 0.5) is 0 Å². The highest BCUT2D eigenvalue weighted by molar-refractivity contribution is 5.39. The molecule has 0 aromatic carbocycles. The third kappa shape index (κ3) is 3.27. The molecule has 1 N–H and O–H groups in total. The number of nitriles is 1. The molecule has 0 aromatic rings. The first-order valence-electron chi connectivity index (χ1n) is 13.6. The van der Waals surface area contributed by atoms with Gasteiger partial charge < -0.3 is 5.11 Å². The van der Waals surface area contributed by atoms with Gasteiger partial charge >= 0.3 is 0 Å². The zero-order valence-corrected chi connectivity index (χ0v) is 20.4. The van der Waals surface area contributed by atoms with Crippen molar-refractivity contribution in [2.75, 3.05) is 0 Å². The van der Waals surface area contributed by atoms with Crippen molar-refractivity contribution < 1.29 is 5.11 Å². The lowest BCUT2D eigenvalue weighted by atomic mass is 9.45. The Balaban J connectivity index is 1.40. The van der Waals surface area contributed by atoms with E-state index in [0.29, 0.717) is 11.8 Å². The maximum Gasteiger partial charge on any atom is 0.0700 e. The average molecular weight is 424 g/mol. The third-order valence-corrected chi connectivity index (χ3v) is 11.6. The zero-order chi connectivity index (χ0) is 21.9. The van der Waals surface area contributed by atoms with Crippen molar-refractivity contribution in [2.45, 2.75) is 123 Å². The summed E-state index contributed by atoms with van der Waals surface area (Å²) in [5, 5.41) is 20.7. The molecule has 0 aliphatic heterocycles. The van der Waals surface area contributed by atoms with Gasteiger partial charge in [0.1, 0.15) is 0 Å². The van der Waals surface area contributed by atoms with Crippen LogP contribution in [0.15, 0.2) is 11.1 Å². The van der Waals surface area contributed by atoms with E-state index in [1.165, 1.54) is 64.2 Å². The number of rotatable bonds is 3. The summed E-state index contributed by atoms with van der Waals surface area (Å²) >= 11 is 0. The monoisotopic (exact) mass is 423 g/mol. The number of aliphatic hydroxyl groups is 1. The van der Waals surface area contributed by atoms with E-state index in [9.17, 15) is 10.4 Å². The van der Waals surface area contributed by atoms with Crippen LogP contribution in [0, 0.1) is 51.2 Å². The molecule has 5 rings (SSSR count). The molecule has 5 aliphatic rings. The summed E-state index contributed by atoms with van der Waals surface area (Å²) in [6, 6.07) is 2.77. The molecular weight excluding hydrogens is 378 g/mol. The molecule has 5 aliphatic carbocycles. The number of nitrogens with zero attached hydrogens (tertiary/aromatic N) is 1. The van der Waals surface area contributed by atoms with Crippen LogP contribution in [0.3, 0.4) is 0 Å². The van der Waals surface area contributed by atoms with Crippen LogP contribution in [0.5, 0.6) is 0 Å². The molecule has 0 bridgehead atoms. The van der Waals surface area contributed by atoms with Gasteiger partial charge in [0.05, 0.1) is 17.6 Å². The van der Waals surface area contributed by atoms with Gasteiger partial charge in [-0.1, -0.05) is 64.0 Å². The molecule has 0 saturated heterocycles. The summed E-state index contributed by atoms with van der Waals surface area (Å²) in [7, 11) is 0. The van der Waals surface area contributed by atoms with Crippen LogP contribution >= 0.6 is 0 Å². The summed E-state index contributed by atoms with van der Waals surface area (Å²) in [5.41, 5.74) is 3.61. The number of fused-ring (bicyclic) bond motifs is 4. The van der Waals surface area contributed by atoms with Crippen molar-refractivity contribution in [1.82, 2.24) is 0 Å². The first kappa shape index (κ1) is 22.0. The van der Waals surface area contributed by atoms with E-state index in [1.807, 2.05) is 0 Å². The van der Waals surface area contributed by atoms with Crippen LogP contribution in [0.25, 0.3) is 0 Å². The van der Waals surface area contributed by atoms with Gasteiger partial charge in [0, 0.05) is 5.41 Å². The molecule has 3 fully saturated rings. The molecule has 172 valence electrons. The van der Waals surface area contributed by atoms with E-state index in [1.54, 1.807) is 11.1 Å². The smallest absolute Gasteiger partial charge is 0.0700 e. The minimum Gasteiger partial charge on any atom is -0.393 e. The first-order chi connectivity index (χ1) is 14.8. The zero-order valence-electron chi connectivity index (χ0n) is 20.4. The third-order valence-electron chi connectivity index (χ3n) is 11.6. The maximum absolute atomic E-state index is 10.4. The Bertz CT molecular complexity index is 772. The van der Waals surface area contributed by atoms with Gasteiger partial charge in [0.25, 0.3) is 0 Å². The van der Waals surface area contributed by atoms with E-state index in [0.717, 1.165) is 49.4 Å². The lowest BCUT2D eigenvalue weighted by Gasteiger charge is -2.58. The maximum atomic E-state index is 10.4. The van der Waals surface area contributed by atoms with Crippen LogP contribution in [-0.4, -0.2) is 11.2 Å². The molecule has 0 spiro atoms. The molecule has 0 amide bonds. The molecule has 31 heavy (non-hydrogen) atoms. The Labute approximate surface area is 190 Å². The van der Waals surface area contributed by atoms with E-state index in [-0.39, 0.29) is 16.9 Å². The molecule has 2 heteroatoms. The Morgan fingerprint density at radius 2 is 1.77 bits per heavy atom. The summed E-state index contributed by atoms with van der Waals surface area (Å²) < 4.78 is 0. The second-order valence-corrected chi connectivity index (χ2v) is 12.9. The SMILES string of the molecule is C[C@H](CC1CCCCC1)[C@H]1CC[C@H]2C3=C(CC[C@]12C)[C@@]1(C)CCC(O)CC1(C#N)CC3. The fourth-order valence-electron chi connectivity index (χ4n) is 9.78. The Morgan fingerprint density at radius 1 is 1.00 bits per heavy atom. The van der Waals surface area contributed by atoms with Gasteiger partial charge in [-0.3, -0.25) is 0 Å². The summed E-state index contributed by atoms with van der Waals surface area (Å²) in [5.74, 6) is 3.50. The Kier molecular flexibility index (Phi) is 5.61. The van der Waals surface area contributed by atoms with Crippen LogP contribution in [-0.2, 0) is 0 Å². The van der Waals surface area contributed by atoms with Gasteiger partial charge in [-0.25, -0.2) is 0 Å². The predicted molar refractivity (Wildman–Crippen MR) is 126 cm³/mol. The number of hydrogen-bond donors (Lipinski definition) is 1. The van der Waals surface area contributed by atoms with Gasteiger partial charge in [-0.2, -0.15) is 5.26 Å². The molecular formula is C29H45NO. The molecule has 0 aromatic heterocycles. The molecule has 2 nitrogen and oxygen atoms in total. The minimum absolute atomic E-state index is 0.00168. The van der Waals surface area contributed by atoms with Gasteiger partial charge in [0.2, 0.25) is 0 Å². The van der Waals surface area contributed by atoms with Crippen LogP contribution < -0.4 is 0 Å². The van der Waals surface area contributed by atoms with Crippen LogP contribution in [0.2, 0.25) is 0 Å². The second-order valence-electron chi connectivity index (χ2n) is 12.9. The summed E-state index contributed by atoms with van der Waals surface area (Å²) in [4.78, 5) is 0. The molecule has 0 heterocycles. The first-order valence-corrected chi connectivity index (χ1v) is 13.6. The van der Waals surface area contributed by atoms with Crippen molar-refractivity contribution in [3.63, 3.8) is 0 Å². The highest BCUT2D eigenvalue weighted by Gasteiger charge is 2.61. The van der Waals surface area contributed by atoms with Crippen molar-refractivity contribution >= 4 is 0 Å². The average Bonchev–Trinajstić information content (AvgIpc) is 3.12. The fourth-order valence-corrected chi connectivity index (χ4v) is 9.78. The van der Waals surface area contributed by atoms with Crippen molar-refractivity contribution in [1.29, 1.82) is 5.26 Å². The molecule has 0 radical (unpaired) electrons. The summed E-state index contributed by atoms with van der Waals surface area (Å²) in [6.07, 6.45) is 18.6. The topological polar surface area (TPSA) is 44.0 Å². The lowest BCUT2D eigenvalue weighted by molar-refractivity contribution is -0.0256. The van der Waals surface area contributed by atoms with Gasteiger partial charge in [-0.05, 0) is 93.3 Å². The van der Waals surface area contributed by atoms with Crippen LogP contribution in [0.1, 0.15) is 117 Å². The largest absolute Gasteiger partial charge is 0.393 e. The highest BCUT2D eigenvalue weighted by Crippen LogP contribution is 2.69. The predicted octanol–water partition coefficient (Wildman–Crippen LogP) is 7.57. The highest BCUT2D eigenvalue weighted by atomic mass is 16.3. The van der Waals surface area contributed by atoms with E-state index >= 15 is 0 Å². The lowest BCUT2D eigenvalue weighted by Crippen LogP contribution is -2.51. The van der Waals surface area contributed by atoms with Gasteiger partial charge in [-0.15, -0.1) is 0 Å². The van der Waals surface area contributed by atoms with Crippen molar-refractivity contribution in [3.05, 3.63) is 11.1 Å². The summed E-state index contributed by atoms with van der Waals surface area (Å²) in [6.45, 7) is 7.63. The van der Waals surface area contributed by atoms with Crippen molar-refractivity contribution in [2.24, 2.45) is 39.9 Å². The number of allylic oxidation sites excluding steroid dienone is 2. The van der Waals surface area contributed by atoms with E-state index in [4.69, 9.17) is 0 Å². The van der Waals surface area contributed by atoms with Crippen molar-refractivity contribution in [3.8, 4) is 6.07 Å². The molecule has 2 unspecified atom stereocenters. The number of aliphatic hydroxyl groups excluding tert-OH is 1. The Morgan fingerprint density at radius 3 is 2.52 bits per heavy atom. The fraction of sp³-hybridized carbons (Fsp3) is 0.897. The second kappa shape index (κ2) is 7.90. The standard InChI is InChI=1S/C29H45NO/c1-20(17-21-7-5-4-6-8-21)24-9-10-25-23-12-16-29(19-30)18-22(31)11-15-28(29,3)26(23)13-14-27(24,25)2/h20-22,24-25,31H,4-18H2,1-3H3/t20-,22?,24-,25+,27-,28-,29?/m1/s1.